The third kappa shape index (κ3) is 3.77. The van der Waals surface area contributed by atoms with Crippen LogP contribution in [0.5, 0.6) is 0 Å². The molecule has 0 saturated heterocycles. The Morgan fingerprint density at radius 3 is 2.45 bits per heavy atom. The molecule has 0 aliphatic heterocycles. The van der Waals surface area contributed by atoms with E-state index in [1.165, 1.54) is 12.1 Å². The van der Waals surface area contributed by atoms with Gasteiger partial charge in [-0.3, -0.25) is 10.2 Å². The number of carbonyl (C=O) groups is 1. The Kier molecular flexibility index (Phi) is 5.40. The van der Waals surface area contributed by atoms with Crippen LogP contribution in [-0.4, -0.2) is 11.5 Å². The van der Waals surface area contributed by atoms with Gasteiger partial charge in [0.15, 0.2) is 0 Å². The molecule has 7 heteroatoms. The molecule has 22 heavy (non-hydrogen) atoms. The smallest absolute Gasteiger partial charge is 0.225 e. The third-order valence-corrected chi connectivity index (χ3v) is 3.54. The van der Waals surface area contributed by atoms with Crippen molar-refractivity contribution in [3.05, 3.63) is 63.1 Å². The number of halogens is 3. The Morgan fingerprint density at radius 2 is 1.82 bits per heavy atom. The molecule has 0 amide bonds. The highest BCUT2D eigenvalue weighted by atomic mass is 35.5. The average Bonchev–Trinajstić information content (AvgIpc) is 2.50. The molecule has 110 valence electrons. The summed E-state index contributed by atoms with van der Waals surface area (Å²) < 4.78 is 0. The van der Waals surface area contributed by atoms with Crippen molar-refractivity contribution in [3.8, 4) is 6.07 Å². The van der Waals surface area contributed by atoms with E-state index in [-0.39, 0.29) is 16.3 Å². The number of carbonyl (C=O) groups excluding carboxylic acids is 1. The van der Waals surface area contributed by atoms with E-state index in [1.807, 2.05) is 0 Å². The normalized spacial score (nSPS) is 10.9. The van der Waals surface area contributed by atoms with Gasteiger partial charge in [0, 0.05) is 10.6 Å². The van der Waals surface area contributed by atoms with Gasteiger partial charge in [0.2, 0.25) is 11.5 Å². The van der Waals surface area contributed by atoms with E-state index in [9.17, 15) is 4.79 Å². The summed E-state index contributed by atoms with van der Waals surface area (Å²) in [5, 5.41) is 13.9. The summed E-state index contributed by atoms with van der Waals surface area (Å²) in [4.78, 5) is 12.2. The third-order valence-electron chi connectivity index (χ3n) is 2.66. The molecule has 0 atom stereocenters. The zero-order valence-electron chi connectivity index (χ0n) is 11.0. The van der Waals surface area contributed by atoms with Crippen molar-refractivity contribution in [2.24, 2.45) is 5.10 Å². The fraction of sp³-hybridized carbons (Fsp3) is 0. The molecule has 0 aliphatic rings. The fourth-order valence-corrected chi connectivity index (χ4v) is 2.27. The summed E-state index contributed by atoms with van der Waals surface area (Å²) in [5.41, 5.74) is 2.86. The molecule has 2 aromatic rings. The van der Waals surface area contributed by atoms with Crippen LogP contribution in [0.25, 0.3) is 0 Å². The Bertz CT molecular complexity index is 797. The summed E-state index contributed by atoms with van der Waals surface area (Å²) in [7, 11) is 0. The molecule has 0 aliphatic carbocycles. The van der Waals surface area contributed by atoms with Crippen LogP contribution < -0.4 is 5.43 Å². The van der Waals surface area contributed by atoms with Crippen molar-refractivity contribution in [3.63, 3.8) is 0 Å². The van der Waals surface area contributed by atoms with Gasteiger partial charge in [0.25, 0.3) is 0 Å². The van der Waals surface area contributed by atoms with Crippen molar-refractivity contribution in [1.82, 2.24) is 0 Å². The van der Waals surface area contributed by atoms with Crippen molar-refractivity contribution in [1.29, 1.82) is 5.26 Å². The Hall–Kier alpha value is -2.06. The van der Waals surface area contributed by atoms with E-state index in [4.69, 9.17) is 40.1 Å². The molecule has 0 fully saturated rings. The van der Waals surface area contributed by atoms with Crippen molar-refractivity contribution in [2.45, 2.75) is 0 Å². The molecule has 2 rings (SSSR count). The number of anilines is 1. The van der Waals surface area contributed by atoms with Gasteiger partial charge in [0.1, 0.15) is 6.07 Å². The summed E-state index contributed by atoms with van der Waals surface area (Å²) >= 11 is 17.7. The standard InChI is InChI=1S/C15H8Cl3N3O/c16-9-5-6-13(12(18)7-9)20-21-14(8-19)15(22)10-3-1-2-4-11(10)17/h1-7,20H. The number of benzene rings is 2. The monoisotopic (exact) mass is 351 g/mol. The van der Waals surface area contributed by atoms with Crippen LogP contribution in [0.3, 0.4) is 0 Å². The van der Waals surface area contributed by atoms with Gasteiger partial charge in [-0.25, -0.2) is 0 Å². The molecule has 0 spiro atoms. The summed E-state index contributed by atoms with van der Waals surface area (Å²) in [6, 6.07) is 12.9. The highest BCUT2D eigenvalue weighted by Gasteiger charge is 2.16. The number of nitriles is 1. The zero-order valence-corrected chi connectivity index (χ0v) is 13.2. The molecule has 2 aromatic carbocycles. The fourth-order valence-electron chi connectivity index (χ4n) is 1.60. The van der Waals surface area contributed by atoms with Crippen LogP contribution in [0, 0.1) is 11.3 Å². The topological polar surface area (TPSA) is 65.2 Å². The first-order valence-electron chi connectivity index (χ1n) is 6.01. The molecular weight excluding hydrogens is 345 g/mol. The van der Waals surface area contributed by atoms with E-state index in [1.54, 1.807) is 36.4 Å². The van der Waals surface area contributed by atoms with Gasteiger partial charge >= 0.3 is 0 Å². The Morgan fingerprint density at radius 1 is 1.09 bits per heavy atom. The molecular formula is C15H8Cl3N3O. The number of nitrogens with zero attached hydrogens (tertiary/aromatic N) is 2. The van der Waals surface area contributed by atoms with E-state index in [0.29, 0.717) is 15.7 Å². The minimum absolute atomic E-state index is 0.202. The van der Waals surface area contributed by atoms with E-state index in [2.05, 4.69) is 10.5 Å². The second-order valence-corrected chi connectivity index (χ2v) is 5.37. The van der Waals surface area contributed by atoms with Crippen LogP contribution in [0.15, 0.2) is 47.6 Å². The van der Waals surface area contributed by atoms with Gasteiger partial charge in [-0.2, -0.15) is 10.4 Å². The minimum atomic E-state index is -0.578. The number of hydrazone groups is 1. The van der Waals surface area contributed by atoms with Gasteiger partial charge < -0.3 is 0 Å². The van der Waals surface area contributed by atoms with Crippen molar-refractivity contribution in [2.75, 3.05) is 5.43 Å². The molecule has 0 bridgehead atoms. The first kappa shape index (κ1) is 16.3. The number of Topliss-reactive ketones (excluding diaryl/α,β-unsaturated/α-hetero) is 1. The van der Waals surface area contributed by atoms with Gasteiger partial charge in [0.05, 0.1) is 15.7 Å². The SMILES string of the molecule is N#CC(=NNc1ccc(Cl)cc1Cl)C(=O)c1ccccc1Cl. The number of nitrogens with one attached hydrogen (secondary N) is 1. The number of hydrogen-bond donors (Lipinski definition) is 1. The van der Waals surface area contributed by atoms with Crippen LogP contribution in [0.1, 0.15) is 10.4 Å². The van der Waals surface area contributed by atoms with Crippen LogP contribution in [0.2, 0.25) is 15.1 Å². The zero-order chi connectivity index (χ0) is 16.1. The lowest BCUT2D eigenvalue weighted by atomic mass is 10.1. The lowest BCUT2D eigenvalue weighted by Gasteiger charge is -2.05. The Balaban J connectivity index is 2.27. The molecule has 0 aromatic heterocycles. The highest BCUT2D eigenvalue weighted by Crippen LogP contribution is 2.25. The van der Waals surface area contributed by atoms with E-state index in [0.717, 1.165) is 0 Å². The maximum absolute atomic E-state index is 12.2. The van der Waals surface area contributed by atoms with E-state index < -0.39 is 5.78 Å². The number of rotatable bonds is 4. The van der Waals surface area contributed by atoms with Crippen LogP contribution in [0.4, 0.5) is 5.69 Å². The molecule has 0 radical (unpaired) electrons. The maximum atomic E-state index is 12.2. The van der Waals surface area contributed by atoms with Gasteiger partial charge in [-0.05, 0) is 30.3 Å². The molecule has 0 unspecified atom stereocenters. The van der Waals surface area contributed by atoms with Crippen molar-refractivity contribution < 1.29 is 4.79 Å². The molecule has 1 N–H and O–H groups in total. The quantitative estimate of drug-likeness (QED) is 0.487. The lowest BCUT2D eigenvalue weighted by molar-refractivity contribution is 0.106. The van der Waals surface area contributed by atoms with Crippen molar-refractivity contribution >= 4 is 52.0 Å². The molecule has 4 nitrogen and oxygen atoms in total. The number of hydrogen-bond acceptors (Lipinski definition) is 4. The first-order chi connectivity index (χ1) is 10.5. The minimum Gasteiger partial charge on any atom is -0.286 e. The summed E-state index contributed by atoms with van der Waals surface area (Å²) in [6.45, 7) is 0. The predicted octanol–water partition coefficient (Wildman–Crippen LogP) is 4.82. The van der Waals surface area contributed by atoms with Gasteiger partial charge in [-0.15, -0.1) is 0 Å². The molecule has 0 saturated carbocycles. The van der Waals surface area contributed by atoms with Gasteiger partial charge in [-0.1, -0.05) is 46.9 Å². The molecule has 0 heterocycles. The first-order valence-corrected chi connectivity index (χ1v) is 7.14. The highest BCUT2D eigenvalue weighted by molar-refractivity contribution is 6.53. The average molecular weight is 353 g/mol. The number of ketones is 1. The largest absolute Gasteiger partial charge is 0.286 e. The summed E-state index contributed by atoms with van der Waals surface area (Å²) in [6.07, 6.45) is 0. The Labute approximate surface area is 141 Å². The van der Waals surface area contributed by atoms with Crippen LogP contribution in [-0.2, 0) is 0 Å². The van der Waals surface area contributed by atoms with Crippen LogP contribution >= 0.6 is 34.8 Å². The summed E-state index contributed by atoms with van der Waals surface area (Å²) in [5.74, 6) is -0.578. The second-order valence-electron chi connectivity index (χ2n) is 4.12. The second kappa shape index (κ2) is 7.28. The van der Waals surface area contributed by atoms with E-state index >= 15 is 0 Å². The lowest BCUT2D eigenvalue weighted by Crippen LogP contribution is -2.14. The predicted molar refractivity (Wildman–Crippen MR) is 88.9 cm³/mol. The maximum Gasteiger partial charge on any atom is 0.225 e.